The standard InChI is InChI=1S/C20H17F4N3O/c21-16-6-4-14(5-7-16)18(20(22,23)24)26-19(28)27-11-9-17-13(8-10-25)2-1-3-15(17)12-27/h1-7,18H,8-9,11-12H2,(H,26,28)/t18-/m1/s1. The lowest BCUT2D eigenvalue weighted by Crippen LogP contribution is -2.47. The summed E-state index contributed by atoms with van der Waals surface area (Å²) < 4.78 is 53.4. The maximum atomic E-state index is 13.5. The fourth-order valence-corrected chi connectivity index (χ4v) is 3.34. The molecule has 0 radical (unpaired) electrons. The molecule has 2 aromatic carbocycles. The van der Waals surface area contributed by atoms with E-state index in [9.17, 15) is 22.4 Å². The summed E-state index contributed by atoms with van der Waals surface area (Å²) in [6.07, 6.45) is -4.01. The molecule has 1 aliphatic heterocycles. The first-order valence-electron chi connectivity index (χ1n) is 8.64. The molecule has 2 aromatic rings. The van der Waals surface area contributed by atoms with Gasteiger partial charge >= 0.3 is 12.2 Å². The van der Waals surface area contributed by atoms with Gasteiger partial charge in [0.25, 0.3) is 0 Å². The zero-order chi connectivity index (χ0) is 20.3. The summed E-state index contributed by atoms with van der Waals surface area (Å²) in [5.74, 6) is -0.656. The van der Waals surface area contributed by atoms with Crippen LogP contribution in [0.5, 0.6) is 0 Å². The minimum absolute atomic E-state index is 0.161. The van der Waals surface area contributed by atoms with E-state index in [4.69, 9.17) is 5.26 Å². The molecule has 8 heteroatoms. The average molecular weight is 391 g/mol. The van der Waals surface area contributed by atoms with E-state index in [1.807, 2.05) is 11.4 Å². The lowest BCUT2D eigenvalue weighted by atomic mass is 9.93. The van der Waals surface area contributed by atoms with Crippen molar-refractivity contribution in [3.8, 4) is 6.07 Å². The molecule has 0 aliphatic carbocycles. The topological polar surface area (TPSA) is 56.1 Å². The summed E-state index contributed by atoms with van der Waals surface area (Å²) >= 11 is 0. The monoisotopic (exact) mass is 391 g/mol. The van der Waals surface area contributed by atoms with Gasteiger partial charge in [-0.25, -0.2) is 9.18 Å². The number of fused-ring (bicyclic) bond motifs is 1. The van der Waals surface area contributed by atoms with Crippen LogP contribution in [0.3, 0.4) is 0 Å². The van der Waals surface area contributed by atoms with Crippen LogP contribution < -0.4 is 5.32 Å². The van der Waals surface area contributed by atoms with E-state index in [0.29, 0.717) is 6.42 Å². The number of hydrogen-bond donors (Lipinski definition) is 1. The Kier molecular flexibility index (Phi) is 5.54. The zero-order valence-electron chi connectivity index (χ0n) is 14.8. The van der Waals surface area contributed by atoms with Gasteiger partial charge in [0.1, 0.15) is 5.82 Å². The van der Waals surface area contributed by atoms with Gasteiger partial charge in [-0.15, -0.1) is 0 Å². The van der Waals surface area contributed by atoms with E-state index in [1.165, 1.54) is 4.90 Å². The number of halogens is 4. The fourth-order valence-electron chi connectivity index (χ4n) is 3.34. The van der Waals surface area contributed by atoms with Crippen LogP contribution in [0.1, 0.15) is 28.3 Å². The van der Waals surface area contributed by atoms with Gasteiger partial charge in [0.05, 0.1) is 12.5 Å². The minimum Gasteiger partial charge on any atom is -0.322 e. The molecule has 1 aliphatic rings. The second-order valence-corrected chi connectivity index (χ2v) is 6.54. The first-order chi connectivity index (χ1) is 13.3. The highest BCUT2D eigenvalue weighted by Crippen LogP contribution is 2.33. The number of nitrogens with one attached hydrogen (secondary N) is 1. The summed E-state index contributed by atoms with van der Waals surface area (Å²) in [5.41, 5.74) is 2.43. The summed E-state index contributed by atoms with van der Waals surface area (Å²) in [4.78, 5) is 13.8. The molecule has 0 bridgehead atoms. The molecule has 1 atom stereocenters. The van der Waals surface area contributed by atoms with E-state index in [1.54, 1.807) is 12.1 Å². The van der Waals surface area contributed by atoms with Crippen LogP contribution in [-0.4, -0.2) is 23.7 Å². The van der Waals surface area contributed by atoms with Gasteiger partial charge in [-0.1, -0.05) is 30.3 Å². The van der Waals surface area contributed by atoms with Gasteiger partial charge < -0.3 is 10.2 Å². The third-order valence-corrected chi connectivity index (χ3v) is 4.72. The highest BCUT2D eigenvalue weighted by atomic mass is 19.4. The summed E-state index contributed by atoms with van der Waals surface area (Å²) in [6.45, 7) is 0.406. The van der Waals surface area contributed by atoms with Gasteiger partial charge in [0.15, 0.2) is 6.04 Å². The SMILES string of the molecule is N#CCc1cccc2c1CCN(C(=O)N[C@H](c1ccc(F)cc1)C(F)(F)F)C2. The van der Waals surface area contributed by atoms with Gasteiger partial charge in [-0.3, -0.25) is 0 Å². The van der Waals surface area contributed by atoms with Crippen LogP contribution >= 0.6 is 0 Å². The molecule has 0 unspecified atom stereocenters. The van der Waals surface area contributed by atoms with E-state index in [2.05, 4.69) is 6.07 Å². The van der Waals surface area contributed by atoms with E-state index >= 15 is 0 Å². The normalized spacial score (nSPS) is 14.8. The Morgan fingerprint density at radius 1 is 1.21 bits per heavy atom. The van der Waals surface area contributed by atoms with Gasteiger partial charge in [-0.05, 0) is 40.8 Å². The molecule has 146 valence electrons. The van der Waals surface area contributed by atoms with Crippen molar-refractivity contribution < 1.29 is 22.4 Å². The molecule has 0 aromatic heterocycles. The molecule has 4 nitrogen and oxygen atoms in total. The number of urea groups is 1. The number of amides is 2. The molecule has 2 amide bonds. The highest BCUT2D eigenvalue weighted by Gasteiger charge is 2.42. The Morgan fingerprint density at radius 2 is 1.93 bits per heavy atom. The maximum absolute atomic E-state index is 13.5. The van der Waals surface area contributed by atoms with Gasteiger partial charge in [0, 0.05) is 13.1 Å². The first kappa shape index (κ1) is 19.7. The molecule has 0 fully saturated rings. The predicted octanol–water partition coefficient (Wildman–Crippen LogP) is 4.26. The van der Waals surface area contributed by atoms with Crippen LogP contribution in [0, 0.1) is 17.1 Å². The number of carbonyl (C=O) groups is 1. The summed E-state index contributed by atoms with van der Waals surface area (Å²) in [6, 6.07) is 8.29. The van der Waals surface area contributed by atoms with Crippen molar-refractivity contribution in [2.45, 2.75) is 31.6 Å². The smallest absolute Gasteiger partial charge is 0.322 e. The molecule has 3 rings (SSSR count). The van der Waals surface area contributed by atoms with Crippen LogP contribution in [0.15, 0.2) is 42.5 Å². The number of nitriles is 1. The van der Waals surface area contributed by atoms with Crippen molar-refractivity contribution in [1.29, 1.82) is 5.26 Å². The van der Waals surface area contributed by atoms with Gasteiger partial charge in [-0.2, -0.15) is 18.4 Å². The predicted molar refractivity (Wildman–Crippen MR) is 93.6 cm³/mol. The molecule has 0 saturated carbocycles. The minimum atomic E-state index is -4.72. The quantitative estimate of drug-likeness (QED) is 0.795. The van der Waals surface area contributed by atoms with Crippen LogP contribution in [0.25, 0.3) is 0 Å². The Morgan fingerprint density at radius 3 is 2.57 bits per heavy atom. The summed E-state index contributed by atoms with van der Waals surface area (Å²) in [5, 5.41) is 10.9. The van der Waals surface area contributed by atoms with Gasteiger partial charge in [0.2, 0.25) is 0 Å². The second-order valence-electron chi connectivity index (χ2n) is 6.54. The number of carbonyl (C=O) groups excluding carboxylic acids is 1. The third-order valence-electron chi connectivity index (χ3n) is 4.72. The molecule has 1 N–H and O–H groups in total. The van der Waals surface area contributed by atoms with Crippen LogP contribution in [-0.2, 0) is 19.4 Å². The van der Waals surface area contributed by atoms with Crippen LogP contribution in [0.2, 0.25) is 0 Å². The number of benzene rings is 2. The van der Waals surface area contributed by atoms with Crippen LogP contribution in [0.4, 0.5) is 22.4 Å². The van der Waals surface area contributed by atoms with Crippen molar-refractivity contribution in [2.24, 2.45) is 0 Å². The lowest BCUT2D eigenvalue weighted by Gasteiger charge is -2.32. The molecular weight excluding hydrogens is 374 g/mol. The van der Waals surface area contributed by atoms with Crippen molar-refractivity contribution in [3.63, 3.8) is 0 Å². The van der Waals surface area contributed by atoms with E-state index in [-0.39, 0.29) is 25.1 Å². The Labute approximate surface area is 159 Å². The van der Waals surface area contributed by atoms with E-state index < -0.39 is 24.1 Å². The number of rotatable bonds is 3. The van der Waals surface area contributed by atoms with E-state index in [0.717, 1.165) is 41.0 Å². The largest absolute Gasteiger partial charge is 0.412 e. The third kappa shape index (κ3) is 4.25. The molecule has 1 heterocycles. The van der Waals surface area contributed by atoms with Crippen molar-refractivity contribution in [3.05, 3.63) is 70.5 Å². The van der Waals surface area contributed by atoms with Crippen molar-refractivity contribution >= 4 is 6.03 Å². The molecule has 28 heavy (non-hydrogen) atoms. The molecule has 0 spiro atoms. The maximum Gasteiger partial charge on any atom is 0.412 e. The molecule has 0 saturated heterocycles. The second kappa shape index (κ2) is 7.89. The zero-order valence-corrected chi connectivity index (χ0v) is 14.8. The van der Waals surface area contributed by atoms with Crippen molar-refractivity contribution in [2.75, 3.05) is 6.54 Å². The average Bonchev–Trinajstić information content (AvgIpc) is 2.66. The lowest BCUT2D eigenvalue weighted by molar-refractivity contribution is -0.155. The summed E-state index contributed by atoms with van der Waals surface area (Å²) in [7, 11) is 0. The first-order valence-corrected chi connectivity index (χ1v) is 8.64. The Hall–Kier alpha value is -3.08. The fraction of sp³-hybridized carbons (Fsp3) is 0.300. The van der Waals surface area contributed by atoms with Crippen molar-refractivity contribution in [1.82, 2.24) is 10.2 Å². The highest BCUT2D eigenvalue weighted by molar-refractivity contribution is 5.75. The Bertz CT molecular complexity index is 903. The number of alkyl halides is 3. The number of hydrogen-bond acceptors (Lipinski definition) is 2. The number of nitrogens with zero attached hydrogens (tertiary/aromatic N) is 2. The Balaban J connectivity index is 1.77. The molecular formula is C20H17F4N3O.